The van der Waals surface area contributed by atoms with Crippen molar-refractivity contribution >= 4 is 11.3 Å². The number of aromatic nitrogens is 1. The first kappa shape index (κ1) is 16.7. The summed E-state index contributed by atoms with van der Waals surface area (Å²) in [6.07, 6.45) is -2.04. The van der Waals surface area contributed by atoms with Crippen molar-refractivity contribution in [3.05, 3.63) is 15.6 Å². The van der Waals surface area contributed by atoms with Crippen molar-refractivity contribution in [1.29, 1.82) is 0 Å². The molecular formula is C14H21F3N2OS. The van der Waals surface area contributed by atoms with Gasteiger partial charge in [-0.2, -0.15) is 13.2 Å². The van der Waals surface area contributed by atoms with Crippen molar-refractivity contribution in [3.8, 4) is 0 Å². The highest BCUT2D eigenvalue weighted by atomic mass is 32.1. The molecule has 1 N–H and O–H groups in total. The molecule has 1 heterocycles. The van der Waals surface area contributed by atoms with Crippen LogP contribution in [0, 0.1) is 0 Å². The molecule has 1 saturated carbocycles. The Kier molecular flexibility index (Phi) is 4.95. The van der Waals surface area contributed by atoms with Crippen LogP contribution in [-0.4, -0.2) is 23.3 Å². The Morgan fingerprint density at radius 2 is 1.95 bits per heavy atom. The summed E-state index contributed by atoms with van der Waals surface area (Å²) in [6, 6.07) is 0. The van der Waals surface area contributed by atoms with Crippen LogP contribution < -0.4 is 5.32 Å². The third-order valence-corrected chi connectivity index (χ3v) is 4.05. The van der Waals surface area contributed by atoms with Gasteiger partial charge in [0.05, 0.1) is 12.3 Å². The third-order valence-electron chi connectivity index (χ3n) is 3.01. The average Bonchev–Trinajstić information content (AvgIpc) is 3.07. The quantitative estimate of drug-likeness (QED) is 0.860. The van der Waals surface area contributed by atoms with E-state index in [9.17, 15) is 13.2 Å². The lowest BCUT2D eigenvalue weighted by molar-refractivity contribution is -0.176. The van der Waals surface area contributed by atoms with Crippen LogP contribution in [0.5, 0.6) is 0 Å². The van der Waals surface area contributed by atoms with Crippen LogP contribution in [0.3, 0.4) is 0 Å². The van der Waals surface area contributed by atoms with Crippen molar-refractivity contribution in [1.82, 2.24) is 10.3 Å². The van der Waals surface area contributed by atoms with Gasteiger partial charge in [0.15, 0.2) is 0 Å². The van der Waals surface area contributed by atoms with Crippen molar-refractivity contribution in [3.63, 3.8) is 0 Å². The van der Waals surface area contributed by atoms with E-state index < -0.39 is 12.8 Å². The smallest absolute Gasteiger partial charge is 0.365 e. The first-order valence-corrected chi connectivity index (χ1v) is 7.84. The second-order valence-corrected chi connectivity index (χ2v) is 7.57. The van der Waals surface area contributed by atoms with Crippen molar-refractivity contribution < 1.29 is 17.9 Å². The van der Waals surface area contributed by atoms with Crippen LogP contribution in [0.15, 0.2) is 0 Å². The summed E-state index contributed by atoms with van der Waals surface area (Å²) in [7, 11) is 0. The molecule has 0 unspecified atom stereocenters. The van der Waals surface area contributed by atoms with Crippen LogP contribution in [-0.2, 0) is 17.9 Å². The third kappa shape index (κ3) is 5.92. The number of hydrogen-bond acceptors (Lipinski definition) is 4. The summed E-state index contributed by atoms with van der Waals surface area (Å²) in [5.41, 5.74) is 1.04. The Labute approximate surface area is 126 Å². The molecule has 7 heteroatoms. The Morgan fingerprint density at radius 1 is 1.29 bits per heavy atom. The van der Waals surface area contributed by atoms with Crippen molar-refractivity contribution in [2.45, 2.75) is 64.4 Å². The zero-order valence-corrected chi connectivity index (χ0v) is 13.3. The number of ether oxygens (including phenoxy) is 1. The second-order valence-electron chi connectivity index (χ2n) is 6.40. The fourth-order valence-electron chi connectivity index (χ4n) is 1.88. The topological polar surface area (TPSA) is 34.1 Å². The summed E-state index contributed by atoms with van der Waals surface area (Å²) in [6.45, 7) is 5.65. The molecule has 0 atom stereocenters. The van der Waals surface area contributed by atoms with Crippen LogP contribution in [0.4, 0.5) is 13.2 Å². The maximum Gasteiger partial charge on any atom is 0.411 e. The maximum absolute atomic E-state index is 12.1. The number of nitrogens with one attached hydrogen (secondary N) is 1. The number of thiazole rings is 1. The van der Waals surface area contributed by atoms with Crippen molar-refractivity contribution in [2.75, 3.05) is 6.61 Å². The number of rotatable bonds is 6. The van der Waals surface area contributed by atoms with E-state index in [1.165, 1.54) is 11.3 Å². The summed E-state index contributed by atoms with van der Waals surface area (Å²) < 4.78 is 40.9. The predicted molar refractivity (Wildman–Crippen MR) is 76.4 cm³/mol. The molecule has 3 nitrogen and oxygen atoms in total. The molecule has 0 saturated heterocycles. The number of nitrogens with zero attached hydrogens (tertiary/aromatic N) is 1. The molecule has 0 aromatic carbocycles. The molecule has 0 amide bonds. The van der Waals surface area contributed by atoms with Gasteiger partial charge in [0.1, 0.15) is 11.6 Å². The van der Waals surface area contributed by atoms with Gasteiger partial charge in [-0.05, 0) is 33.6 Å². The molecule has 1 fully saturated rings. The largest absolute Gasteiger partial charge is 0.411 e. The highest BCUT2D eigenvalue weighted by Gasteiger charge is 2.31. The highest BCUT2D eigenvalue weighted by molar-refractivity contribution is 7.11. The van der Waals surface area contributed by atoms with E-state index in [2.05, 4.69) is 31.1 Å². The van der Waals surface area contributed by atoms with Crippen molar-refractivity contribution in [2.24, 2.45) is 0 Å². The van der Waals surface area contributed by atoms with E-state index in [1.807, 2.05) is 0 Å². The van der Waals surface area contributed by atoms with Gasteiger partial charge in [-0.3, -0.25) is 0 Å². The number of hydrogen-bond donors (Lipinski definition) is 1. The molecule has 0 spiro atoms. The zero-order chi connectivity index (χ0) is 15.7. The molecule has 0 bridgehead atoms. The molecule has 2 rings (SSSR count). The zero-order valence-electron chi connectivity index (χ0n) is 12.5. The van der Waals surface area contributed by atoms with E-state index >= 15 is 0 Å². The minimum atomic E-state index is -4.28. The molecule has 1 aromatic heterocycles. The van der Waals surface area contributed by atoms with Crippen LogP contribution in [0.2, 0.25) is 0 Å². The fourth-order valence-corrected chi connectivity index (χ4v) is 2.91. The Morgan fingerprint density at radius 3 is 2.48 bits per heavy atom. The van der Waals surface area contributed by atoms with Crippen LogP contribution in [0.1, 0.15) is 55.1 Å². The molecular weight excluding hydrogens is 301 g/mol. The molecule has 0 radical (unpaired) electrons. The number of halogens is 3. The van der Waals surface area contributed by atoms with Gasteiger partial charge < -0.3 is 10.1 Å². The first-order valence-electron chi connectivity index (χ1n) is 7.02. The minimum absolute atomic E-state index is 0.00222. The lowest BCUT2D eigenvalue weighted by Gasteiger charge is -2.20. The van der Waals surface area contributed by atoms with Gasteiger partial charge >= 0.3 is 6.18 Å². The van der Waals surface area contributed by atoms with Gasteiger partial charge in [-0.15, -0.1) is 11.3 Å². The normalized spacial score (nSPS) is 16.5. The molecule has 1 aromatic rings. The van der Waals surface area contributed by atoms with Gasteiger partial charge in [-0.25, -0.2) is 4.98 Å². The van der Waals surface area contributed by atoms with Gasteiger partial charge in [-0.1, -0.05) is 0 Å². The van der Waals surface area contributed by atoms with E-state index in [0.717, 1.165) is 23.4 Å². The van der Waals surface area contributed by atoms with E-state index in [0.29, 0.717) is 17.5 Å². The fraction of sp³-hybridized carbons (Fsp3) is 0.786. The first-order chi connectivity index (χ1) is 9.64. The molecule has 21 heavy (non-hydrogen) atoms. The van der Waals surface area contributed by atoms with Gasteiger partial charge in [0.25, 0.3) is 0 Å². The highest BCUT2D eigenvalue weighted by Crippen LogP contribution is 2.42. The summed E-state index contributed by atoms with van der Waals surface area (Å²) in [5, 5.41) is 4.04. The molecule has 120 valence electrons. The van der Waals surface area contributed by atoms with Gasteiger partial charge in [0, 0.05) is 22.9 Å². The molecule has 0 aliphatic heterocycles. The summed E-state index contributed by atoms with van der Waals surface area (Å²) >= 11 is 1.45. The lowest BCUT2D eigenvalue weighted by atomic mass is 10.1. The summed E-state index contributed by atoms with van der Waals surface area (Å²) in [4.78, 5) is 5.60. The summed E-state index contributed by atoms with van der Waals surface area (Å²) in [5.74, 6) is 0.481. The van der Waals surface area contributed by atoms with Crippen LogP contribution in [0.25, 0.3) is 0 Å². The van der Waals surface area contributed by atoms with E-state index in [-0.39, 0.29) is 12.1 Å². The predicted octanol–water partition coefficient (Wildman–Crippen LogP) is 3.99. The monoisotopic (exact) mass is 322 g/mol. The second kappa shape index (κ2) is 6.22. The molecule has 1 aliphatic rings. The van der Waals surface area contributed by atoms with E-state index in [4.69, 9.17) is 4.74 Å². The Balaban J connectivity index is 1.96. The standard InChI is InChI=1S/C14H21F3N2OS/c1-13(2,3)18-6-10-12(9-4-5-9)19-11(21-10)7-20-8-14(15,16)17/h9,18H,4-8H2,1-3H3. The Hall–Kier alpha value is -0.660. The minimum Gasteiger partial charge on any atom is -0.365 e. The van der Waals surface area contributed by atoms with Gasteiger partial charge in [0.2, 0.25) is 0 Å². The average molecular weight is 322 g/mol. The number of alkyl halides is 3. The van der Waals surface area contributed by atoms with E-state index in [1.54, 1.807) is 0 Å². The maximum atomic E-state index is 12.1. The Bertz CT molecular complexity index is 476. The molecule has 1 aliphatic carbocycles. The van der Waals surface area contributed by atoms with Crippen LogP contribution >= 0.6 is 11.3 Å². The SMILES string of the molecule is CC(C)(C)NCc1sc(COCC(F)(F)F)nc1C1CC1. The lowest BCUT2D eigenvalue weighted by Crippen LogP contribution is -2.35.